The number of para-hydroxylation sites is 3. The van der Waals surface area contributed by atoms with Crippen LogP contribution in [0.25, 0.3) is 66.4 Å². The minimum absolute atomic E-state index is 0.0948. The lowest BCUT2D eigenvalue weighted by Gasteiger charge is -2.30. The zero-order chi connectivity index (χ0) is 35.5. The fourth-order valence-corrected chi connectivity index (χ4v) is 8.61. The van der Waals surface area contributed by atoms with Gasteiger partial charge in [0.15, 0.2) is 0 Å². The van der Waals surface area contributed by atoms with Crippen molar-refractivity contribution >= 4 is 39.0 Å². The van der Waals surface area contributed by atoms with E-state index in [0.717, 1.165) is 50.1 Å². The third kappa shape index (κ3) is 4.94. The van der Waals surface area contributed by atoms with Crippen molar-refractivity contribution in [3.8, 4) is 44.5 Å². The highest BCUT2D eigenvalue weighted by Gasteiger charge is 2.37. The quantitative estimate of drug-likeness (QED) is 0.174. The van der Waals surface area contributed by atoms with Gasteiger partial charge in [-0.3, -0.25) is 0 Å². The smallest absolute Gasteiger partial charge is 0.136 e. The molecule has 1 heterocycles. The Balaban J connectivity index is 1.23. The SMILES string of the molecule is CC1(C)c2ccccc2-c2c(-c3ccccc3N(c3ccc(-c4ccccc4)cc3)c3ccccc3-c3cccc4oc5ccccc5c34)cccc21. The van der Waals surface area contributed by atoms with E-state index < -0.39 is 0 Å². The topological polar surface area (TPSA) is 16.4 Å². The molecule has 0 unspecified atom stereocenters. The van der Waals surface area contributed by atoms with E-state index >= 15 is 0 Å². The molecule has 9 aromatic rings. The molecule has 1 aromatic heterocycles. The predicted octanol–water partition coefficient (Wildman–Crippen LogP) is 14.4. The van der Waals surface area contributed by atoms with Crippen LogP contribution in [0.5, 0.6) is 0 Å². The van der Waals surface area contributed by atoms with Crippen molar-refractivity contribution in [1.82, 2.24) is 0 Å². The molecule has 252 valence electrons. The summed E-state index contributed by atoms with van der Waals surface area (Å²) in [5.41, 5.74) is 17.5. The summed E-state index contributed by atoms with van der Waals surface area (Å²) in [7, 11) is 0. The Bertz CT molecular complexity index is 2810. The van der Waals surface area contributed by atoms with E-state index in [0.29, 0.717) is 0 Å². The van der Waals surface area contributed by atoms with Gasteiger partial charge in [-0.05, 0) is 80.9 Å². The fraction of sp³-hybridized carbons (Fsp3) is 0.0588. The zero-order valence-corrected chi connectivity index (χ0v) is 29.8. The first-order chi connectivity index (χ1) is 26.1. The lowest BCUT2D eigenvalue weighted by molar-refractivity contribution is 0.660. The number of furan rings is 1. The number of rotatable bonds is 6. The Kier molecular flexibility index (Phi) is 7.19. The largest absolute Gasteiger partial charge is 0.456 e. The molecule has 0 aliphatic heterocycles. The van der Waals surface area contributed by atoms with E-state index in [1.54, 1.807) is 0 Å². The first-order valence-corrected chi connectivity index (χ1v) is 18.4. The Morgan fingerprint density at radius 1 is 0.396 bits per heavy atom. The first-order valence-electron chi connectivity index (χ1n) is 18.4. The third-order valence-electron chi connectivity index (χ3n) is 11.1. The summed E-state index contributed by atoms with van der Waals surface area (Å²) in [5.74, 6) is 0. The van der Waals surface area contributed by atoms with Crippen LogP contribution < -0.4 is 4.90 Å². The number of anilines is 3. The summed E-state index contributed by atoms with van der Waals surface area (Å²) < 4.78 is 6.39. The van der Waals surface area contributed by atoms with Crippen LogP contribution in [0.3, 0.4) is 0 Å². The number of hydrogen-bond acceptors (Lipinski definition) is 2. The molecular weight excluding hydrogens is 643 g/mol. The molecule has 8 aromatic carbocycles. The Labute approximate surface area is 310 Å². The highest BCUT2D eigenvalue weighted by atomic mass is 16.3. The van der Waals surface area contributed by atoms with Gasteiger partial charge in [0.25, 0.3) is 0 Å². The van der Waals surface area contributed by atoms with Gasteiger partial charge in [-0.1, -0.05) is 166 Å². The maximum atomic E-state index is 6.39. The zero-order valence-electron chi connectivity index (χ0n) is 29.8. The minimum atomic E-state index is -0.0948. The van der Waals surface area contributed by atoms with Gasteiger partial charge in [-0.15, -0.1) is 0 Å². The Morgan fingerprint density at radius 2 is 0.925 bits per heavy atom. The predicted molar refractivity (Wildman–Crippen MR) is 222 cm³/mol. The van der Waals surface area contributed by atoms with Crippen molar-refractivity contribution in [3.05, 3.63) is 199 Å². The molecule has 0 saturated carbocycles. The second-order valence-electron chi connectivity index (χ2n) is 14.5. The monoisotopic (exact) mass is 679 g/mol. The summed E-state index contributed by atoms with van der Waals surface area (Å²) in [6.45, 7) is 4.70. The maximum absolute atomic E-state index is 6.39. The molecule has 2 heteroatoms. The molecule has 2 nitrogen and oxygen atoms in total. The number of nitrogens with zero attached hydrogens (tertiary/aromatic N) is 1. The van der Waals surface area contributed by atoms with Crippen molar-refractivity contribution < 1.29 is 4.42 Å². The van der Waals surface area contributed by atoms with Crippen LogP contribution in [0.4, 0.5) is 17.1 Å². The van der Waals surface area contributed by atoms with Crippen molar-refractivity contribution in [2.75, 3.05) is 4.90 Å². The van der Waals surface area contributed by atoms with E-state index in [-0.39, 0.29) is 5.41 Å². The summed E-state index contributed by atoms with van der Waals surface area (Å²) >= 11 is 0. The van der Waals surface area contributed by atoms with E-state index in [4.69, 9.17) is 4.42 Å². The summed E-state index contributed by atoms with van der Waals surface area (Å²) in [5, 5.41) is 2.25. The van der Waals surface area contributed by atoms with Crippen LogP contribution >= 0.6 is 0 Å². The average molecular weight is 680 g/mol. The van der Waals surface area contributed by atoms with Crippen molar-refractivity contribution in [2.24, 2.45) is 0 Å². The molecule has 0 fully saturated rings. The van der Waals surface area contributed by atoms with E-state index in [2.05, 4.69) is 201 Å². The van der Waals surface area contributed by atoms with Gasteiger partial charge < -0.3 is 9.32 Å². The van der Waals surface area contributed by atoms with E-state index in [1.807, 2.05) is 6.07 Å². The first kappa shape index (κ1) is 31.1. The van der Waals surface area contributed by atoms with Crippen LogP contribution in [-0.4, -0.2) is 0 Å². The van der Waals surface area contributed by atoms with Crippen LogP contribution in [0.2, 0.25) is 0 Å². The fourth-order valence-electron chi connectivity index (χ4n) is 8.61. The van der Waals surface area contributed by atoms with Crippen molar-refractivity contribution in [2.45, 2.75) is 19.3 Å². The summed E-state index contributed by atoms with van der Waals surface area (Å²) in [4.78, 5) is 2.45. The molecule has 0 atom stereocenters. The standard InChI is InChI=1S/C51H37NO/c1-51(2)43-24-10-6-20-41(43)49-39(22-14-25-44(49)51)37-18-7-11-26-45(37)52(36-32-30-35(31-33-36)34-16-4-3-5-17-34)46-27-12-8-19-38(46)40-23-15-29-48-50(40)42-21-9-13-28-47(42)53-48/h3-33H,1-2H3. The lowest BCUT2D eigenvalue weighted by Crippen LogP contribution is -2.15. The lowest BCUT2D eigenvalue weighted by atomic mass is 9.82. The van der Waals surface area contributed by atoms with Crippen LogP contribution in [0, 0.1) is 0 Å². The average Bonchev–Trinajstić information content (AvgIpc) is 3.71. The number of benzene rings is 8. The summed E-state index contributed by atoms with van der Waals surface area (Å²) in [6, 6.07) is 67.8. The van der Waals surface area contributed by atoms with Gasteiger partial charge in [0.2, 0.25) is 0 Å². The van der Waals surface area contributed by atoms with Gasteiger partial charge in [0, 0.05) is 33.0 Å². The van der Waals surface area contributed by atoms with Gasteiger partial charge in [-0.25, -0.2) is 0 Å². The van der Waals surface area contributed by atoms with Crippen molar-refractivity contribution in [1.29, 1.82) is 0 Å². The molecule has 0 amide bonds. The van der Waals surface area contributed by atoms with Gasteiger partial charge >= 0.3 is 0 Å². The van der Waals surface area contributed by atoms with Crippen molar-refractivity contribution in [3.63, 3.8) is 0 Å². The molecule has 53 heavy (non-hydrogen) atoms. The van der Waals surface area contributed by atoms with Crippen LogP contribution in [0.15, 0.2) is 192 Å². The highest BCUT2D eigenvalue weighted by Crippen LogP contribution is 2.54. The maximum Gasteiger partial charge on any atom is 0.136 e. The molecule has 10 rings (SSSR count). The normalized spacial score (nSPS) is 12.9. The number of hydrogen-bond donors (Lipinski definition) is 0. The molecule has 0 saturated heterocycles. The molecule has 1 aliphatic rings. The molecule has 0 spiro atoms. The van der Waals surface area contributed by atoms with E-state index in [9.17, 15) is 0 Å². The van der Waals surface area contributed by atoms with Gasteiger partial charge in [0.05, 0.1) is 11.4 Å². The third-order valence-corrected chi connectivity index (χ3v) is 11.1. The summed E-state index contributed by atoms with van der Waals surface area (Å²) in [6.07, 6.45) is 0. The Morgan fingerprint density at radius 3 is 1.70 bits per heavy atom. The minimum Gasteiger partial charge on any atom is -0.456 e. The van der Waals surface area contributed by atoms with Crippen LogP contribution in [-0.2, 0) is 5.41 Å². The Hall–Kier alpha value is -6.64. The van der Waals surface area contributed by atoms with E-state index in [1.165, 1.54) is 44.5 Å². The number of fused-ring (bicyclic) bond motifs is 6. The van der Waals surface area contributed by atoms with Crippen LogP contribution in [0.1, 0.15) is 25.0 Å². The highest BCUT2D eigenvalue weighted by molar-refractivity contribution is 6.14. The molecule has 0 radical (unpaired) electrons. The second-order valence-corrected chi connectivity index (χ2v) is 14.5. The molecule has 0 bridgehead atoms. The molecule has 0 N–H and O–H groups in total. The molecular formula is C51H37NO. The van der Waals surface area contributed by atoms with Gasteiger partial charge in [0.1, 0.15) is 11.2 Å². The molecule has 1 aliphatic carbocycles. The van der Waals surface area contributed by atoms with Gasteiger partial charge in [-0.2, -0.15) is 0 Å². The second kappa shape index (κ2) is 12.3.